The molecule has 0 spiro atoms. The van der Waals surface area contributed by atoms with Gasteiger partial charge >= 0.3 is 39.0 Å². The highest BCUT2D eigenvalue weighted by atomic mass is 32.1. The summed E-state index contributed by atoms with van der Waals surface area (Å²) in [7, 11) is -21.1. The first-order valence-corrected chi connectivity index (χ1v) is 45.1. The molecule has 680 valence electrons. The maximum atomic E-state index is 13.5. The van der Waals surface area contributed by atoms with Crippen LogP contribution in [-0.2, 0) is 106 Å². The SMILES string of the molecule is C=CCCC(=O)C[C@@H](Cc1ccccc1)C(=S)NCC(=O)OC1[C@@H](COP(=O)(O)OC2C[C@H](n3ccc(N)nc3=O)O[C@@H]2COP(=O)([O-])O)O[C@@H](n2cnc3c(N)ncnc32)[C@H]1O.C=CCCC(=O)C[C@@H](Cc1ccccc1)C(=S)NCC(=O)OC1[C@@H](COP(=O)(O)OC2C[C@H](n3ccc(N)nc3=O)O[C@@H]2COP(=O)([O-])O)O[C@@H](n2cnc3c(N)ncnc32)[C@H]1O. The van der Waals surface area contributed by atoms with Crippen LogP contribution in [0.3, 0.4) is 0 Å². The Labute approximate surface area is 725 Å². The molecule has 0 bridgehead atoms. The minimum Gasteiger partial charge on any atom is -0.756 e. The highest BCUT2D eigenvalue weighted by molar-refractivity contribution is 7.80. The molecule has 8 aromatic rings. The van der Waals surface area contributed by atoms with Crippen molar-refractivity contribution in [1.29, 1.82) is 0 Å². The van der Waals surface area contributed by atoms with E-state index in [9.17, 15) is 86.6 Å². The fraction of sp³-hybridized carbons (Fsp3) is 0.444. The molecule has 4 fully saturated rings. The van der Waals surface area contributed by atoms with Crippen molar-refractivity contribution in [3.8, 4) is 0 Å². The Balaban J connectivity index is 0.000000245. The number of fused-ring (bicyclic) bond motifs is 2. The van der Waals surface area contributed by atoms with Crippen molar-refractivity contribution in [3.05, 3.63) is 168 Å². The molecule has 12 rings (SSSR count). The molecule has 4 saturated heterocycles. The number of aliphatic hydroxyl groups excluding tert-OH is 2. The number of phosphoric acid groups is 4. The van der Waals surface area contributed by atoms with E-state index in [0.29, 0.717) is 25.7 Å². The Morgan fingerprint density at radius 1 is 0.540 bits per heavy atom. The second-order valence-corrected chi connectivity index (χ2v) is 34.8. The Hall–Kier alpha value is -9.76. The van der Waals surface area contributed by atoms with Gasteiger partial charge in [-0.1, -0.05) is 97.3 Å². The monoisotopic (exact) mass is 1870 g/mol. The summed E-state index contributed by atoms with van der Waals surface area (Å²) in [5, 5.41) is 28.9. The van der Waals surface area contributed by atoms with Crippen LogP contribution in [0.1, 0.15) is 87.4 Å². The molecule has 126 heavy (non-hydrogen) atoms. The van der Waals surface area contributed by atoms with Crippen LogP contribution in [0.5, 0.6) is 0 Å². The average Bonchev–Trinajstić information content (AvgIpc) is 1.62. The number of ether oxygens (including phenoxy) is 6. The van der Waals surface area contributed by atoms with Gasteiger partial charge in [-0.3, -0.25) is 64.7 Å². The largest absolute Gasteiger partial charge is 0.756 e. The van der Waals surface area contributed by atoms with Crippen molar-refractivity contribution >= 4 is 135 Å². The molecule has 2 aromatic carbocycles. The van der Waals surface area contributed by atoms with E-state index in [2.05, 4.69) is 72.7 Å². The van der Waals surface area contributed by atoms with Crippen LogP contribution in [0, 0.1) is 11.8 Å². The molecular weight excluding hydrogens is 1780 g/mol. The zero-order chi connectivity index (χ0) is 91.0. The van der Waals surface area contributed by atoms with E-state index in [1.165, 1.54) is 46.3 Å². The predicted octanol–water partition coefficient (Wildman–Crippen LogP) is 0.772. The van der Waals surface area contributed by atoms with E-state index in [0.717, 1.165) is 32.9 Å². The van der Waals surface area contributed by atoms with E-state index in [1.807, 2.05) is 60.7 Å². The normalized spacial score (nSPS) is 24.6. The number of Topliss-reactive ketones (excluding diaryl/α,β-unsaturated/α-hetero) is 2. The topological polar surface area (TPSA) is 700 Å². The molecule has 48 nitrogen and oxygen atoms in total. The number of esters is 2. The quantitative estimate of drug-likeness (QED) is 0.0109. The minimum absolute atomic E-state index is 0.0129. The van der Waals surface area contributed by atoms with Crippen molar-refractivity contribution in [2.45, 2.75) is 150 Å². The summed E-state index contributed by atoms with van der Waals surface area (Å²) >= 11 is 11.3. The molecule has 0 amide bonds. The molecule has 4 aliphatic rings. The smallest absolute Gasteiger partial charge is 0.472 e. The van der Waals surface area contributed by atoms with Gasteiger partial charge in [-0.05, 0) is 48.9 Å². The summed E-state index contributed by atoms with van der Waals surface area (Å²) in [5.74, 6) is -3.14. The van der Waals surface area contributed by atoms with Gasteiger partial charge in [0.15, 0.2) is 47.6 Å². The van der Waals surface area contributed by atoms with E-state index < -0.39 is 192 Å². The van der Waals surface area contributed by atoms with Crippen LogP contribution in [0.2, 0.25) is 0 Å². The lowest BCUT2D eigenvalue weighted by atomic mass is 9.92. The summed E-state index contributed by atoms with van der Waals surface area (Å²) < 4.78 is 119. The average molecular weight is 1870 g/mol. The molecule has 16 N–H and O–H groups in total. The third-order valence-electron chi connectivity index (χ3n) is 19.7. The Bertz CT molecular complexity index is 5210. The van der Waals surface area contributed by atoms with Gasteiger partial charge in [-0.2, -0.15) is 9.97 Å². The number of anilines is 4. The first-order valence-electron chi connectivity index (χ1n) is 38.3. The number of phosphoric ester groups is 4. The standard InChI is InChI=1S/2C36H45N9O15P2S/c2*1-2-3-9-22(46)13-21(12-20-7-5-4-6-8-20)34(63)39-15-28(47)59-31-25(58-35(30(31)48)45-19-42-29-32(38)40-18-41-33(29)45)17-56-62(53,54)60-23-14-27(44-11-10-26(37)43-36(44)49)57-24(23)16-55-61(50,51)52/h2*2,4-8,10-11,18-19,21,23-25,27,30-31,35,48H,1,3,9,12-17H2,(H,39,63)(H,53,54)(H2,37,43,49)(H2,38,40,41)(H2,50,51,52)/p-2/t2*21-,23?,24-,25-,27-,30+,31?,35-/m11/s1. The van der Waals surface area contributed by atoms with Crippen molar-refractivity contribution in [3.63, 3.8) is 0 Å². The van der Waals surface area contributed by atoms with Crippen molar-refractivity contribution in [2.24, 2.45) is 11.8 Å². The van der Waals surface area contributed by atoms with E-state index in [4.69, 9.17) is 93.9 Å². The van der Waals surface area contributed by atoms with Gasteiger partial charge < -0.3 is 111 Å². The van der Waals surface area contributed by atoms with E-state index in [1.54, 1.807) is 12.2 Å². The lowest BCUT2D eigenvalue weighted by molar-refractivity contribution is -0.224. The van der Waals surface area contributed by atoms with Gasteiger partial charge in [0.1, 0.15) is 121 Å². The summed E-state index contributed by atoms with van der Waals surface area (Å²) in [6, 6.07) is 21.2. The number of nitrogens with zero attached hydrogens (tertiary/aromatic N) is 12. The number of benzene rings is 2. The number of hydrogen-bond donors (Lipinski definition) is 12. The number of aromatic nitrogens is 12. The number of carbonyl (C=O) groups is 4. The number of ketones is 2. The first-order chi connectivity index (χ1) is 59.8. The van der Waals surface area contributed by atoms with Crippen LogP contribution in [0.25, 0.3) is 22.3 Å². The molecule has 6 aromatic heterocycles. The summed E-state index contributed by atoms with van der Waals surface area (Å²) in [4.78, 5) is 173. The lowest BCUT2D eigenvalue weighted by Crippen LogP contribution is -2.42. The fourth-order valence-corrected chi connectivity index (χ4v) is 16.9. The highest BCUT2D eigenvalue weighted by Gasteiger charge is 2.52. The molecule has 0 radical (unpaired) electrons. The molecule has 10 heterocycles. The van der Waals surface area contributed by atoms with Gasteiger partial charge in [0, 0.05) is 62.8 Å². The number of carbonyl (C=O) groups excluding carboxylic acids is 4. The second kappa shape index (κ2) is 43.4. The van der Waals surface area contributed by atoms with Crippen molar-refractivity contribution < 1.29 is 133 Å². The Kier molecular flexibility index (Phi) is 33.3. The number of rotatable bonds is 42. The molecule has 8 unspecified atom stereocenters. The lowest BCUT2D eigenvalue weighted by Gasteiger charge is -2.25. The summed E-state index contributed by atoms with van der Waals surface area (Å²) in [5.41, 5.74) is 23.7. The van der Waals surface area contributed by atoms with Gasteiger partial charge in [0.05, 0.1) is 49.1 Å². The number of aliphatic hydroxyl groups is 2. The van der Waals surface area contributed by atoms with Gasteiger partial charge in [-0.15, -0.1) is 13.2 Å². The van der Waals surface area contributed by atoms with Crippen molar-refractivity contribution in [2.75, 3.05) is 62.5 Å². The van der Waals surface area contributed by atoms with E-state index in [-0.39, 0.29) is 106 Å². The zero-order valence-electron chi connectivity index (χ0n) is 66.3. The third-order valence-corrected chi connectivity index (χ3v) is 23.6. The number of nitrogens with two attached hydrogens (primary N) is 4. The number of allylic oxidation sites excluding steroid dienone is 2. The molecule has 0 aliphatic carbocycles. The Morgan fingerprint density at radius 3 is 1.27 bits per heavy atom. The van der Waals surface area contributed by atoms with Crippen LogP contribution in [0.15, 0.2) is 145 Å². The van der Waals surface area contributed by atoms with Gasteiger partial charge in [-0.25, -0.2) is 48.6 Å². The zero-order valence-corrected chi connectivity index (χ0v) is 71.5. The van der Waals surface area contributed by atoms with Crippen LogP contribution in [-0.4, -0.2) is 222 Å². The first kappa shape index (κ1) is 96.9. The van der Waals surface area contributed by atoms with Gasteiger partial charge in [0.25, 0.3) is 15.6 Å². The van der Waals surface area contributed by atoms with Gasteiger partial charge in [0.2, 0.25) is 0 Å². The highest BCUT2D eigenvalue weighted by Crippen LogP contribution is 2.52. The number of thiocarbonyl (C=S) groups is 2. The fourth-order valence-electron chi connectivity index (χ4n) is 13.8. The molecule has 20 atom stereocenters. The summed E-state index contributed by atoms with van der Waals surface area (Å²) in [6.07, 6.45) is -8.45. The third kappa shape index (κ3) is 26.7. The molecule has 0 saturated carbocycles. The molecular formula is C72H88N18O30P4S2-2. The summed E-state index contributed by atoms with van der Waals surface area (Å²) in [6.45, 7) is 2.73. The van der Waals surface area contributed by atoms with Crippen LogP contribution >= 0.6 is 55.7 Å². The number of hydrogen-bond acceptors (Lipinski definition) is 40. The Morgan fingerprint density at radius 2 is 0.913 bits per heavy atom. The van der Waals surface area contributed by atoms with Crippen LogP contribution < -0.4 is 54.7 Å². The number of nitrogen functional groups attached to an aromatic ring is 4. The molecule has 4 aliphatic heterocycles. The predicted molar refractivity (Wildman–Crippen MR) is 441 cm³/mol. The maximum absolute atomic E-state index is 13.5. The second-order valence-electron chi connectivity index (χ2n) is 28.7. The maximum Gasteiger partial charge on any atom is 0.472 e. The minimum atomic E-state index is -5.32. The van der Waals surface area contributed by atoms with E-state index >= 15 is 0 Å². The molecule has 54 heteroatoms. The van der Waals surface area contributed by atoms with Crippen molar-refractivity contribution in [1.82, 2.24) is 68.8 Å². The number of nitrogens with one attached hydrogen (secondary N) is 2. The van der Waals surface area contributed by atoms with Crippen LogP contribution in [0.4, 0.5) is 23.3 Å². The number of imidazole rings is 2.